The summed E-state index contributed by atoms with van der Waals surface area (Å²) >= 11 is 0. The van der Waals surface area contributed by atoms with Gasteiger partial charge in [-0.2, -0.15) is 0 Å². The van der Waals surface area contributed by atoms with Crippen molar-refractivity contribution in [2.45, 2.75) is 45.2 Å². The average molecular weight is 351 g/mol. The van der Waals surface area contributed by atoms with Crippen LogP contribution in [-0.2, 0) is 6.42 Å². The number of pyridine rings is 1. The Balaban J connectivity index is 1.54. The molecule has 0 spiro atoms. The lowest BCUT2D eigenvalue weighted by molar-refractivity contribution is 0.0607. The Hall–Kier alpha value is -2.20. The van der Waals surface area contributed by atoms with E-state index < -0.39 is 0 Å². The van der Waals surface area contributed by atoms with E-state index in [1.54, 1.807) is 0 Å². The maximum atomic E-state index is 12.6. The first kappa shape index (κ1) is 18.6. The maximum absolute atomic E-state index is 12.6. The number of hydrogen-bond donors (Lipinski definition) is 0. The molecule has 1 fully saturated rings. The summed E-state index contributed by atoms with van der Waals surface area (Å²) in [5.41, 5.74) is 3.23. The molecule has 0 saturated carbocycles. The quantitative estimate of drug-likeness (QED) is 0.826. The van der Waals surface area contributed by atoms with Crippen molar-refractivity contribution < 1.29 is 4.79 Å². The van der Waals surface area contributed by atoms with Gasteiger partial charge in [-0.1, -0.05) is 24.3 Å². The highest BCUT2D eigenvalue weighted by Crippen LogP contribution is 2.21. The standard InChI is InChI=1S/C22H29N3O/c1-17-8-7-13-23-21(17)16-18(2)24(3)20-11-14-25(15-12-20)22(26)19-9-5-4-6-10-19/h4-10,13,18,20H,11-12,14-16H2,1-3H3/t18-/m0/s1. The van der Waals surface area contributed by atoms with Crippen molar-refractivity contribution in [3.8, 4) is 0 Å². The van der Waals surface area contributed by atoms with Crippen LogP contribution in [0.15, 0.2) is 48.7 Å². The molecule has 1 aliphatic heterocycles. The number of carbonyl (C=O) groups excluding carboxylic acids is 1. The zero-order chi connectivity index (χ0) is 18.5. The van der Waals surface area contributed by atoms with E-state index in [4.69, 9.17) is 0 Å². The summed E-state index contributed by atoms with van der Waals surface area (Å²) in [7, 11) is 2.21. The van der Waals surface area contributed by atoms with Crippen LogP contribution in [0.25, 0.3) is 0 Å². The monoisotopic (exact) mass is 351 g/mol. The zero-order valence-corrected chi connectivity index (χ0v) is 16.1. The highest BCUT2D eigenvalue weighted by molar-refractivity contribution is 5.94. The summed E-state index contributed by atoms with van der Waals surface area (Å²) in [6.45, 7) is 6.06. The fourth-order valence-corrected chi connectivity index (χ4v) is 3.76. The van der Waals surface area contributed by atoms with Crippen LogP contribution in [0.4, 0.5) is 0 Å². The number of likely N-dealkylation sites (tertiary alicyclic amines) is 1. The first-order valence-corrected chi connectivity index (χ1v) is 9.53. The number of nitrogens with zero attached hydrogens (tertiary/aromatic N) is 3. The number of carbonyl (C=O) groups is 1. The summed E-state index contributed by atoms with van der Waals surface area (Å²) in [5.74, 6) is 0.156. The number of likely N-dealkylation sites (N-methyl/N-ethyl adjacent to an activating group) is 1. The molecule has 1 amide bonds. The molecule has 1 aromatic carbocycles. The molecule has 26 heavy (non-hydrogen) atoms. The van der Waals surface area contributed by atoms with Crippen LogP contribution in [0, 0.1) is 6.92 Å². The zero-order valence-electron chi connectivity index (χ0n) is 16.1. The number of rotatable bonds is 5. The minimum absolute atomic E-state index is 0.156. The van der Waals surface area contributed by atoms with Crippen molar-refractivity contribution in [1.82, 2.24) is 14.8 Å². The van der Waals surface area contributed by atoms with Crippen molar-refractivity contribution in [1.29, 1.82) is 0 Å². The Kier molecular flexibility index (Phi) is 6.04. The molecule has 4 nitrogen and oxygen atoms in total. The summed E-state index contributed by atoms with van der Waals surface area (Å²) < 4.78 is 0. The third-order valence-corrected chi connectivity index (χ3v) is 5.65. The third-order valence-electron chi connectivity index (χ3n) is 5.65. The summed E-state index contributed by atoms with van der Waals surface area (Å²) in [6.07, 6.45) is 4.90. The van der Waals surface area contributed by atoms with Crippen LogP contribution >= 0.6 is 0 Å². The van der Waals surface area contributed by atoms with Crippen molar-refractivity contribution >= 4 is 5.91 Å². The van der Waals surface area contributed by atoms with E-state index in [0.29, 0.717) is 12.1 Å². The third kappa shape index (κ3) is 4.31. The number of aryl methyl sites for hydroxylation is 1. The Morgan fingerprint density at radius 1 is 1.19 bits per heavy atom. The van der Waals surface area contributed by atoms with Gasteiger partial charge in [-0.3, -0.25) is 9.78 Å². The second-order valence-electron chi connectivity index (χ2n) is 7.38. The van der Waals surface area contributed by atoms with Gasteiger partial charge in [0.2, 0.25) is 0 Å². The number of piperidine rings is 1. The lowest BCUT2D eigenvalue weighted by atomic mass is 9.99. The van der Waals surface area contributed by atoms with Gasteiger partial charge in [-0.25, -0.2) is 0 Å². The largest absolute Gasteiger partial charge is 0.339 e. The molecule has 0 unspecified atom stereocenters. The van der Waals surface area contributed by atoms with Gasteiger partial charge in [0.25, 0.3) is 5.91 Å². The van der Waals surface area contributed by atoms with E-state index in [1.165, 1.54) is 11.3 Å². The molecule has 0 radical (unpaired) electrons. The fourth-order valence-electron chi connectivity index (χ4n) is 3.76. The Morgan fingerprint density at radius 2 is 1.88 bits per heavy atom. The van der Waals surface area contributed by atoms with Gasteiger partial charge in [0.15, 0.2) is 0 Å². The minimum Gasteiger partial charge on any atom is -0.339 e. The van der Waals surface area contributed by atoms with Gasteiger partial charge in [0.05, 0.1) is 0 Å². The molecule has 0 aliphatic carbocycles. The second-order valence-corrected chi connectivity index (χ2v) is 7.38. The molecule has 2 heterocycles. The van der Waals surface area contributed by atoms with Gasteiger partial charge in [0.1, 0.15) is 0 Å². The number of hydrogen-bond acceptors (Lipinski definition) is 3. The van der Waals surface area contributed by atoms with Gasteiger partial charge >= 0.3 is 0 Å². The van der Waals surface area contributed by atoms with E-state index in [-0.39, 0.29) is 5.91 Å². The first-order valence-electron chi connectivity index (χ1n) is 9.53. The minimum atomic E-state index is 0.156. The van der Waals surface area contributed by atoms with Crippen LogP contribution in [0.2, 0.25) is 0 Å². The molecular formula is C22H29N3O. The molecule has 1 atom stereocenters. The molecule has 0 N–H and O–H groups in total. The molecule has 0 bridgehead atoms. The van der Waals surface area contributed by atoms with E-state index in [2.05, 4.69) is 36.8 Å². The molecule has 138 valence electrons. The lowest BCUT2D eigenvalue weighted by Crippen LogP contribution is -2.48. The average Bonchev–Trinajstić information content (AvgIpc) is 2.69. The van der Waals surface area contributed by atoms with Crippen molar-refractivity contribution in [2.75, 3.05) is 20.1 Å². The SMILES string of the molecule is Cc1cccnc1C[C@H](C)N(C)C1CCN(C(=O)c2ccccc2)CC1. The van der Waals surface area contributed by atoms with Crippen LogP contribution < -0.4 is 0 Å². The van der Waals surface area contributed by atoms with Gasteiger partial charge in [-0.05, 0) is 57.5 Å². The highest BCUT2D eigenvalue weighted by atomic mass is 16.2. The normalized spacial score (nSPS) is 16.7. The molecule has 3 rings (SSSR count). The molecule has 4 heteroatoms. The van der Waals surface area contributed by atoms with Crippen molar-refractivity contribution in [2.24, 2.45) is 0 Å². The van der Waals surface area contributed by atoms with E-state index >= 15 is 0 Å². The molecular weight excluding hydrogens is 322 g/mol. The molecule has 1 saturated heterocycles. The number of benzene rings is 1. The van der Waals surface area contributed by atoms with Gasteiger partial charge < -0.3 is 9.80 Å². The Morgan fingerprint density at radius 3 is 2.54 bits per heavy atom. The first-order chi connectivity index (χ1) is 12.6. The van der Waals surface area contributed by atoms with E-state index in [1.807, 2.05) is 47.5 Å². The summed E-state index contributed by atoms with van der Waals surface area (Å²) in [4.78, 5) is 21.6. The van der Waals surface area contributed by atoms with Crippen LogP contribution in [-0.4, -0.2) is 52.9 Å². The predicted octanol–water partition coefficient (Wildman–Crippen LogP) is 3.56. The van der Waals surface area contributed by atoms with E-state index in [0.717, 1.165) is 37.9 Å². The van der Waals surface area contributed by atoms with Crippen molar-refractivity contribution in [3.63, 3.8) is 0 Å². The van der Waals surface area contributed by atoms with Crippen molar-refractivity contribution in [3.05, 3.63) is 65.5 Å². The van der Waals surface area contributed by atoms with E-state index in [9.17, 15) is 4.79 Å². The van der Waals surface area contributed by atoms with Crippen LogP contribution in [0.1, 0.15) is 41.4 Å². The molecule has 1 aliphatic rings. The number of amides is 1. The smallest absolute Gasteiger partial charge is 0.253 e. The van der Waals surface area contributed by atoms with Crippen LogP contribution in [0.3, 0.4) is 0 Å². The summed E-state index contributed by atoms with van der Waals surface area (Å²) in [6, 6.07) is 14.7. The maximum Gasteiger partial charge on any atom is 0.253 e. The second kappa shape index (κ2) is 8.45. The predicted molar refractivity (Wildman–Crippen MR) is 105 cm³/mol. The molecule has 1 aromatic heterocycles. The Labute approximate surface area is 156 Å². The topological polar surface area (TPSA) is 36.4 Å². The summed E-state index contributed by atoms with van der Waals surface area (Å²) in [5, 5.41) is 0. The fraction of sp³-hybridized carbons (Fsp3) is 0.455. The van der Waals surface area contributed by atoms with Gasteiger partial charge in [-0.15, -0.1) is 0 Å². The van der Waals surface area contributed by atoms with Crippen LogP contribution in [0.5, 0.6) is 0 Å². The number of aromatic nitrogens is 1. The highest BCUT2D eigenvalue weighted by Gasteiger charge is 2.28. The lowest BCUT2D eigenvalue weighted by Gasteiger charge is -2.39. The Bertz CT molecular complexity index is 723. The van der Waals surface area contributed by atoms with Gasteiger partial charge in [0, 0.05) is 49.0 Å². The molecule has 2 aromatic rings.